The van der Waals surface area contributed by atoms with Gasteiger partial charge in [-0.1, -0.05) is 45.4 Å². The standard InChI is InChI=1S/C22H31F3O3/c1-3-5-6-7-15-8-10-16(11-9-15)14-18(26)17-12-13-19(28-4-2)20(21(17)27)22(23,24)25/h12-13,15-16,27H,3-11,14H2,1-2H3. The zero-order chi connectivity index (χ0) is 20.7. The van der Waals surface area contributed by atoms with Gasteiger partial charge < -0.3 is 9.84 Å². The van der Waals surface area contributed by atoms with E-state index in [0.717, 1.165) is 31.7 Å². The average Bonchev–Trinajstić information content (AvgIpc) is 2.62. The maximum atomic E-state index is 13.4. The molecule has 1 saturated carbocycles. The number of hydrogen-bond donors (Lipinski definition) is 1. The van der Waals surface area contributed by atoms with Crippen molar-refractivity contribution in [1.82, 2.24) is 0 Å². The monoisotopic (exact) mass is 400 g/mol. The molecule has 0 amide bonds. The predicted molar refractivity (Wildman–Crippen MR) is 103 cm³/mol. The first-order valence-electron chi connectivity index (χ1n) is 10.4. The van der Waals surface area contributed by atoms with Crippen LogP contribution in [0.3, 0.4) is 0 Å². The van der Waals surface area contributed by atoms with E-state index in [4.69, 9.17) is 4.74 Å². The third-order valence-corrected chi connectivity index (χ3v) is 5.68. The van der Waals surface area contributed by atoms with Crippen molar-refractivity contribution in [1.29, 1.82) is 0 Å². The molecule has 1 fully saturated rings. The minimum absolute atomic E-state index is 0.0390. The number of Topliss-reactive ketones (excluding diaryl/α,β-unsaturated/α-hetero) is 1. The predicted octanol–water partition coefficient (Wildman–Crippen LogP) is 6.77. The summed E-state index contributed by atoms with van der Waals surface area (Å²) in [5.74, 6) is -1.02. The van der Waals surface area contributed by atoms with E-state index in [2.05, 4.69) is 6.92 Å². The zero-order valence-electron chi connectivity index (χ0n) is 16.8. The first kappa shape index (κ1) is 22.6. The number of carbonyl (C=O) groups is 1. The highest BCUT2D eigenvalue weighted by molar-refractivity contribution is 5.99. The molecule has 1 aliphatic carbocycles. The normalized spacial score (nSPS) is 20.2. The van der Waals surface area contributed by atoms with Gasteiger partial charge in [0.1, 0.15) is 17.1 Å². The number of hydrogen-bond acceptors (Lipinski definition) is 3. The smallest absolute Gasteiger partial charge is 0.423 e. The van der Waals surface area contributed by atoms with Gasteiger partial charge in [-0.25, -0.2) is 0 Å². The number of halogens is 3. The van der Waals surface area contributed by atoms with Crippen molar-refractivity contribution in [2.45, 2.75) is 77.8 Å². The number of benzene rings is 1. The van der Waals surface area contributed by atoms with Gasteiger partial charge in [-0.15, -0.1) is 0 Å². The molecular formula is C22H31F3O3. The summed E-state index contributed by atoms with van der Waals surface area (Å²) in [5.41, 5.74) is -1.53. The van der Waals surface area contributed by atoms with Crippen molar-refractivity contribution < 1.29 is 27.8 Å². The van der Waals surface area contributed by atoms with E-state index in [1.54, 1.807) is 6.92 Å². The highest BCUT2D eigenvalue weighted by Gasteiger charge is 2.39. The molecule has 3 nitrogen and oxygen atoms in total. The van der Waals surface area contributed by atoms with Crippen LogP contribution in [-0.4, -0.2) is 17.5 Å². The Morgan fingerprint density at radius 1 is 1.11 bits per heavy atom. The van der Waals surface area contributed by atoms with Gasteiger partial charge in [0.05, 0.1) is 12.2 Å². The topological polar surface area (TPSA) is 46.5 Å². The maximum absolute atomic E-state index is 13.4. The first-order valence-corrected chi connectivity index (χ1v) is 10.4. The zero-order valence-corrected chi connectivity index (χ0v) is 16.8. The molecule has 0 spiro atoms. The van der Waals surface area contributed by atoms with Gasteiger partial charge in [0.2, 0.25) is 0 Å². The Labute approximate surface area is 165 Å². The number of phenols is 1. The summed E-state index contributed by atoms with van der Waals surface area (Å²) >= 11 is 0. The molecule has 0 bridgehead atoms. The lowest BCUT2D eigenvalue weighted by Crippen LogP contribution is -2.18. The second-order valence-electron chi connectivity index (χ2n) is 7.78. The molecule has 1 aromatic rings. The quantitative estimate of drug-likeness (QED) is 0.367. The average molecular weight is 400 g/mol. The third-order valence-electron chi connectivity index (χ3n) is 5.68. The van der Waals surface area contributed by atoms with Crippen LogP contribution >= 0.6 is 0 Å². The number of ketones is 1. The molecule has 0 unspecified atom stereocenters. The van der Waals surface area contributed by atoms with Gasteiger partial charge in [-0.05, 0) is 43.7 Å². The lowest BCUT2D eigenvalue weighted by molar-refractivity contribution is -0.140. The molecule has 6 heteroatoms. The number of ether oxygens (including phenoxy) is 1. The fraction of sp³-hybridized carbons (Fsp3) is 0.682. The SMILES string of the molecule is CCCCCC1CCC(CC(=O)c2ccc(OCC)c(C(F)(F)F)c2O)CC1. The van der Waals surface area contributed by atoms with Crippen LogP contribution in [-0.2, 0) is 6.18 Å². The molecule has 158 valence electrons. The van der Waals surface area contributed by atoms with Crippen LogP contribution in [0.1, 0.15) is 87.6 Å². The molecule has 0 radical (unpaired) electrons. The van der Waals surface area contributed by atoms with Crippen molar-refractivity contribution in [3.8, 4) is 11.5 Å². The van der Waals surface area contributed by atoms with Gasteiger partial charge in [-0.2, -0.15) is 13.2 Å². The van der Waals surface area contributed by atoms with Crippen LogP contribution in [0.5, 0.6) is 11.5 Å². The first-order chi connectivity index (χ1) is 13.3. The second kappa shape index (κ2) is 10.2. The van der Waals surface area contributed by atoms with Crippen LogP contribution in [0.15, 0.2) is 12.1 Å². The molecule has 0 aromatic heterocycles. The van der Waals surface area contributed by atoms with Crippen molar-refractivity contribution >= 4 is 5.78 Å². The molecule has 1 aromatic carbocycles. The van der Waals surface area contributed by atoms with Gasteiger partial charge in [0, 0.05) is 6.42 Å². The van der Waals surface area contributed by atoms with E-state index in [1.807, 2.05) is 0 Å². The summed E-state index contributed by atoms with van der Waals surface area (Å²) in [6.07, 6.45) is 4.30. The highest BCUT2D eigenvalue weighted by atomic mass is 19.4. The van der Waals surface area contributed by atoms with Gasteiger partial charge >= 0.3 is 6.18 Å². The summed E-state index contributed by atoms with van der Waals surface area (Å²) in [6.45, 7) is 3.79. The third kappa shape index (κ3) is 5.89. The van der Waals surface area contributed by atoms with Gasteiger partial charge in [0.15, 0.2) is 5.78 Å². The van der Waals surface area contributed by atoms with E-state index >= 15 is 0 Å². The highest BCUT2D eigenvalue weighted by Crippen LogP contribution is 2.44. The molecule has 1 N–H and O–H groups in total. The fourth-order valence-electron chi connectivity index (χ4n) is 4.13. The summed E-state index contributed by atoms with van der Waals surface area (Å²) in [6, 6.07) is 2.37. The van der Waals surface area contributed by atoms with Crippen LogP contribution in [0, 0.1) is 11.8 Å². The van der Waals surface area contributed by atoms with E-state index in [1.165, 1.54) is 31.7 Å². The summed E-state index contributed by atoms with van der Waals surface area (Å²) in [7, 11) is 0. The molecular weight excluding hydrogens is 369 g/mol. The molecule has 28 heavy (non-hydrogen) atoms. The lowest BCUT2D eigenvalue weighted by atomic mass is 9.77. The number of unbranched alkanes of at least 4 members (excludes halogenated alkanes) is 2. The number of phenolic OH excluding ortho intramolecular Hbond substituents is 1. The molecule has 0 atom stereocenters. The Hall–Kier alpha value is -1.72. The van der Waals surface area contributed by atoms with Gasteiger partial charge in [0.25, 0.3) is 0 Å². The van der Waals surface area contributed by atoms with Crippen LogP contribution in [0.2, 0.25) is 0 Å². The summed E-state index contributed by atoms with van der Waals surface area (Å²) in [5, 5.41) is 10.2. The maximum Gasteiger partial charge on any atom is 0.423 e. The van der Waals surface area contributed by atoms with E-state index in [9.17, 15) is 23.1 Å². The molecule has 0 heterocycles. The Morgan fingerprint density at radius 2 is 1.75 bits per heavy atom. The number of alkyl halides is 3. The Balaban J connectivity index is 2.03. The van der Waals surface area contributed by atoms with Crippen LogP contribution in [0.25, 0.3) is 0 Å². The lowest BCUT2D eigenvalue weighted by Gasteiger charge is -2.28. The van der Waals surface area contributed by atoms with Crippen molar-refractivity contribution in [3.05, 3.63) is 23.3 Å². The Morgan fingerprint density at radius 3 is 2.32 bits per heavy atom. The second-order valence-corrected chi connectivity index (χ2v) is 7.78. The fourth-order valence-corrected chi connectivity index (χ4v) is 4.13. The largest absolute Gasteiger partial charge is 0.506 e. The minimum Gasteiger partial charge on any atom is -0.506 e. The molecule has 0 aliphatic heterocycles. The van der Waals surface area contributed by atoms with Gasteiger partial charge in [-0.3, -0.25) is 4.79 Å². The van der Waals surface area contributed by atoms with Crippen LogP contribution in [0.4, 0.5) is 13.2 Å². The number of carbonyl (C=O) groups excluding carboxylic acids is 1. The Bertz CT molecular complexity index is 647. The number of aromatic hydroxyl groups is 1. The summed E-state index contributed by atoms with van der Waals surface area (Å²) < 4.78 is 45.1. The number of rotatable bonds is 9. The molecule has 1 aliphatic rings. The Kier molecular flexibility index (Phi) is 8.20. The van der Waals surface area contributed by atoms with E-state index < -0.39 is 29.0 Å². The minimum atomic E-state index is -4.79. The van der Waals surface area contributed by atoms with Crippen molar-refractivity contribution in [3.63, 3.8) is 0 Å². The van der Waals surface area contributed by atoms with Crippen molar-refractivity contribution in [2.75, 3.05) is 6.61 Å². The molecule has 2 rings (SSSR count). The van der Waals surface area contributed by atoms with Crippen LogP contribution < -0.4 is 4.74 Å². The summed E-state index contributed by atoms with van der Waals surface area (Å²) in [4.78, 5) is 12.6. The van der Waals surface area contributed by atoms with E-state index in [0.29, 0.717) is 5.92 Å². The van der Waals surface area contributed by atoms with E-state index in [-0.39, 0.29) is 24.5 Å². The van der Waals surface area contributed by atoms with Crippen molar-refractivity contribution in [2.24, 2.45) is 11.8 Å². The molecule has 0 saturated heterocycles.